The Morgan fingerprint density at radius 2 is 1.59 bits per heavy atom. The number of hydrogen-bond donors (Lipinski definition) is 1. The van der Waals surface area contributed by atoms with Crippen molar-refractivity contribution in [1.29, 1.82) is 0 Å². The number of methoxy groups -OCH3 is 1. The minimum atomic E-state index is -5.98. The molecule has 0 saturated carbocycles. The first-order valence-electron chi connectivity index (χ1n) is 6.00. The number of hydrogen-bond acceptors (Lipinski definition) is 3. The van der Waals surface area contributed by atoms with Gasteiger partial charge in [-0.1, -0.05) is 12.1 Å². The summed E-state index contributed by atoms with van der Waals surface area (Å²) in [7, 11) is 1.30. The Bertz CT molecular complexity index is 619. The highest BCUT2D eigenvalue weighted by atomic mass is 19.4. The van der Waals surface area contributed by atoms with Crippen LogP contribution in [0, 0.1) is 0 Å². The van der Waals surface area contributed by atoms with E-state index < -0.39 is 29.0 Å². The Morgan fingerprint density at radius 3 is 2.00 bits per heavy atom. The van der Waals surface area contributed by atoms with Gasteiger partial charge >= 0.3 is 12.1 Å². The smallest absolute Gasteiger partial charge is 0.457 e. The van der Waals surface area contributed by atoms with Crippen LogP contribution in [-0.2, 0) is 5.60 Å². The summed E-state index contributed by atoms with van der Waals surface area (Å²) in [5, 5.41) is 10.3. The molecule has 0 aliphatic rings. The van der Waals surface area contributed by atoms with Crippen LogP contribution in [-0.4, -0.2) is 24.3 Å². The molecule has 1 atom stereocenters. The highest BCUT2D eigenvalue weighted by molar-refractivity contribution is 5.38. The Labute approximate surface area is 121 Å². The first-order valence-corrected chi connectivity index (χ1v) is 6.00. The molecule has 1 aromatic carbocycles. The van der Waals surface area contributed by atoms with Crippen molar-refractivity contribution in [3.05, 3.63) is 54.0 Å². The van der Waals surface area contributed by atoms with Gasteiger partial charge in [0.05, 0.1) is 13.4 Å². The van der Waals surface area contributed by atoms with Gasteiger partial charge in [-0.15, -0.1) is 0 Å². The molecular formula is C14H11F5O3. The molecule has 1 N–H and O–H groups in total. The fourth-order valence-corrected chi connectivity index (χ4v) is 2.00. The van der Waals surface area contributed by atoms with E-state index in [1.54, 1.807) is 0 Å². The third kappa shape index (κ3) is 2.33. The molecule has 1 unspecified atom stereocenters. The maximum atomic E-state index is 13.9. The van der Waals surface area contributed by atoms with Gasteiger partial charge in [0.1, 0.15) is 11.5 Å². The van der Waals surface area contributed by atoms with Gasteiger partial charge in [-0.2, -0.15) is 22.0 Å². The Morgan fingerprint density at radius 1 is 1.00 bits per heavy atom. The minimum absolute atomic E-state index is 0.237. The fourth-order valence-electron chi connectivity index (χ4n) is 2.00. The van der Waals surface area contributed by atoms with Gasteiger partial charge in [0.25, 0.3) is 0 Å². The molecule has 1 aromatic heterocycles. The predicted octanol–water partition coefficient (Wildman–Crippen LogP) is 3.72. The average Bonchev–Trinajstić information content (AvgIpc) is 2.99. The van der Waals surface area contributed by atoms with Crippen molar-refractivity contribution in [1.82, 2.24) is 0 Å². The molecule has 0 saturated heterocycles. The van der Waals surface area contributed by atoms with Crippen molar-refractivity contribution in [3.8, 4) is 5.75 Å². The first kappa shape index (κ1) is 16.3. The summed E-state index contributed by atoms with van der Waals surface area (Å²) in [6.45, 7) is 0. The second-order valence-corrected chi connectivity index (χ2v) is 4.49. The molecule has 22 heavy (non-hydrogen) atoms. The van der Waals surface area contributed by atoms with E-state index in [0.717, 1.165) is 42.7 Å². The summed E-state index contributed by atoms with van der Waals surface area (Å²) >= 11 is 0. The number of aliphatic hydroxyl groups is 1. The van der Waals surface area contributed by atoms with Gasteiger partial charge < -0.3 is 14.3 Å². The number of furan rings is 1. The normalized spacial score (nSPS) is 15.4. The molecule has 0 aliphatic carbocycles. The van der Waals surface area contributed by atoms with E-state index in [-0.39, 0.29) is 5.75 Å². The highest BCUT2D eigenvalue weighted by Crippen LogP contribution is 2.51. The van der Waals surface area contributed by atoms with Crippen LogP contribution in [0.3, 0.4) is 0 Å². The van der Waals surface area contributed by atoms with E-state index in [2.05, 4.69) is 4.42 Å². The predicted molar refractivity (Wildman–Crippen MR) is 65.7 cm³/mol. The SMILES string of the molecule is COc1ccc(C(O)(c2ccco2)C(F)(F)C(F)(F)F)cc1. The number of alkyl halides is 5. The zero-order valence-electron chi connectivity index (χ0n) is 11.2. The third-order valence-corrected chi connectivity index (χ3v) is 3.20. The number of benzene rings is 1. The molecule has 0 aliphatic heterocycles. The second kappa shape index (κ2) is 5.28. The van der Waals surface area contributed by atoms with E-state index >= 15 is 0 Å². The lowest BCUT2D eigenvalue weighted by molar-refractivity contribution is -0.339. The monoisotopic (exact) mass is 322 g/mol. The van der Waals surface area contributed by atoms with Gasteiger partial charge in [-0.05, 0) is 29.8 Å². The van der Waals surface area contributed by atoms with Crippen LogP contribution in [0.2, 0.25) is 0 Å². The molecule has 3 nitrogen and oxygen atoms in total. The summed E-state index contributed by atoms with van der Waals surface area (Å²) in [6.07, 6.45) is -5.08. The van der Waals surface area contributed by atoms with Crippen molar-refractivity contribution in [2.24, 2.45) is 0 Å². The Hall–Kier alpha value is -2.09. The van der Waals surface area contributed by atoms with Crippen LogP contribution in [0.4, 0.5) is 22.0 Å². The summed E-state index contributed by atoms with van der Waals surface area (Å²) in [4.78, 5) is 0. The largest absolute Gasteiger partial charge is 0.497 e. The van der Waals surface area contributed by atoms with Crippen molar-refractivity contribution in [2.45, 2.75) is 17.7 Å². The summed E-state index contributed by atoms with van der Waals surface area (Å²) in [5.74, 6) is -6.15. The third-order valence-electron chi connectivity index (χ3n) is 3.20. The van der Waals surface area contributed by atoms with Crippen molar-refractivity contribution < 1.29 is 36.2 Å². The highest BCUT2D eigenvalue weighted by Gasteiger charge is 2.72. The zero-order valence-corrected chi connectivity index (χ0v) is 11.2. The summed E-state index contributed by atoms with van der Waals surface area (Å²) < 4.78 is 75.7. The standard InChI is InChI=1S/C14H11F5O3/c1-21-10-6-4-9(5-7-10)12(20,11-3-2-8-22-11)13(15,16)14(17,18)19/h2-8,20H,1H3. The van der Waals surface area contributed by atoms with Crippen LogP contribution in [0.1, 0.15) is 11.3 Å². The average molecular weight is 322 g/mol. The first-order chi connectivity index (χ1) is 10.1. The zero-order chi connectivity index (χ0) is 16.6. The topological polar surface area (TPSA) is 42.6 Å². The number of ether oxygens (including phenoxy) is 1. The van der Waals surface area contributed by atoms with Crippen LogP contribution >= 0.6 is 0 Å². The quantitative estimate of drug-likeness (QED) is 0.873. The van der Waals surface area contributed by atoms with E-state index in [1.165, 1.54) is 7.11 Å². The van der Waals surface area contributed by atoms with Gasteiger partial charge in [-0.25, -0.2) is 0 Å². The molecule has 0 fully saturated rings. The molecule has 0 radical (unpaired) electrons. The van der Waals surface area contributed by atoms with Crippen molar-refractivity contribution in [3.63, 3.8) is 0 Å². The minimum Gasteiger partial charge on any atom is -0.497 e. The fraction of sp³-hybridized carbons (Fsp3) is 0.286. The lowest BCUT2D eigenvalue weighted by Gasteiger charge is -2.35. The van der Waals surface area contributed by atoms with E-state index in [9.17, 15) is 27.1 Å². The Kier molecular flexibility index (Phi) is 3.90. The molecule has 2 rings (SSSR count). The molecule has 8 heteroatoms. The number of rotatable bonds is 4. The summed E-state index contributed by atoms with van der Waals surface area (Å²) in [6, 6.07) is 6.12. The maximum Gasteiger partial charge on any atom is 0.457 e. The molecular weight excluding hydrogens is 311 g/mol. The van der Waals surface area contributed by atoms with Crippen LogP contribution < -0.4 is 4.74 Å². The molecule has 0 amide bonds. The van der Waals surface area contributed by atoms with Crippen LogP contribution in [0.25, 0.3) is 0 Å². The summed E-state index contributed by atoms with van der Waals surface area (Å²) in [5.41, 5.74) is -4.37. The Balaban J connectivity index is 2.66. The van der Waals surface area contributed by atoms with E-state index in [4.69, 9.17) is 4.74 Å². The van der Waals surface area contributed by atoms with Gasteiger partial charge in [0.15, 0.2) is 0 Å². The van der Waals surface area contributed by atoms with Gasteiger partial charge in [0, 0.05) is 0 Å². The lowest BCUT2D eigenvalue weighted by atomic mass is 9.84. The van der Waals surface area contributed by atoms with Gasteiger partial charge in [-0.3, -0.25) is 0 Å². The molecule has 2 aromatic rings. The van der Waals surface area contributed by atoms with Crippen LogP contribution in [0.5, 0.6) is 5.75 Å². The van der Waals surface area contributed by atoms with E-state index in [1.807, 2.05) is 0 Å². The second-order valence-electron chi connectivity index (χ2n) is 4.49. The van der Waals surface area contributed by atoms with Gasteiger partial charge in [0.2, 0.25) is 5.60 Å². The lowest BCUT2D eigenvalue weighted by Crippen LogP contribution is -2.55. The molecule has 120 valence electrons. The molecule has 1 heterocycles. The number of halogens is 5. The van der Waals surface area contributed by atoms with Crippen LogP contribution in [0.15, 0.2) is 47.1 Å². The molecule has 0 spiro atoms. The van der Waals surface area contributed by atoms with Crippen molar-refractivity contribution in [2.75, 3.05) is 7.11 Å². The van der Waals surface area contributed by atoms with E-state index in [0.29, 0.717) is 0 Å². The maximum absolute atomic E-state index is 13.9. The van der Waals surface area contributed by atoms with Crippen molar-refractivity contribution >= 4 is 0 Å². The molecule has 0 bridgehead atoms.